The molecule has 1 aliphatic heterocycles. The molecule has 4 heteroatoms. The van der Waals surface area contributed by atoms with Crippen LogP contribution in [0, 0.1) is 5.92 Å². The zero-order valence-corrected chi connectivity index (χ0v) is 13.1. The lowest BCUT2D eigenvalue weighted by Gasteiger charge is -2.35. The third kappa shape index (κ3) is 3.83. The van der Waals surface area contributed by atoms with Gasteiger partial charge in [-0.2, -0.15) is 0 Å². The summed E-state index contributed by atoms with van der Waals surface area (Å²) in [4.78, 5) is 11.1. The van der Waals surface area contributed by atoms with Crippen molar-refractivity contribution in [1.82, 2.24) is 14.9 Å². The van der Waals surface area contributed by atoms with Crippen LogP contribution < -0.4 is 4.74 Å². The molecule has 1 unspecified atom stereocenters. The fourth-order valence-corrected chi connectivity index (χ4v) is 2.95. The Morgan fingerprint density at radius 1 is 1.18 bits per heavy atom. The van der Waals surface area contributed by atoms with Crippen LogP contribution in [0.4, 0.5) is 0 Å². The second-order valence-electron chi connectivity index (χ2n) is 5.91. The van der Waals surface area contributed by atoms with Gasteiger partial charge in [0.1, 0.15) is 5.75 Å². The van der Waals surface area contributed by atoms with Crippen LogP contribution in [-0.2, 0) is 0 Å². The predicted octanol–water partition coefficient (Wildman–Crippen LogP) is 3.33. The molecule has 1 fully saturated rings. The van der Waals surface area contributed by atoms with Gasteiger partial charge < -0.3 is 4.74 Å². The van der Waals surface area contributed by atoms with E-state index in [1.165, 1.54) is 12.8 Å². The van der Waals surface area contributed by atoms with Crippen LogP contribution in [0.1, 0.15) is 31.5 Å². The summed E-state index contributed by atoms with van der Waals surface area (Å²) in [6, 6.07) is 10.4. The average molecular weight is 297 g/mol. The first kappa shape index (κ1) is 15.0. The molecule has 0 amide bonds. The lowest BCUT2D eigenvalue weighted by atomic mass is 9.96. The molecule has 2 heterocycles. The maximum absolute atomic E-state index is 5.88. The summed E-state index contributed by atoms with van der Waals surface area (Å²) in [6.07, 6.45) is 7.72. The molecule has 22 heavy (non-hydrogen) atoms. The fourth-order valence-electron chi connectivity index (χ4n) is 2.95. The van der Waals surface area contributed by atoms with E-state index in [2.05, 4.69) is 21.8 Å². The Morgan fingerprint density at radius 2 is 1.95 bits per heavy atom. The van der Waals surface area contributed by atoms with Crippen molar-refractivity contribution in [3.05, 3.63) is 54.6 Å². The topological polar surface area (TPSA) is 38.2 Å². The Labute approximate surface area is 132 Å². The molecule has 1 aliphatic rings. The highest BCUT2D eigenvalue weighted by molar-refractivity contribution is 5.20. The van der Waals surface area contributed by atoms with E-state index < -0.39 is 0 Å². The maximum Gasteiger partial charge on any atom is 0.119 e. The molecule has 3 rings (SSSR count). The molecule has 1 saturated heterocycles. The summed E-state index contributed by atoms with van der Waals surface area (Å²) in [6.45, 7) is 5.23. The third-order valence-electron chi connectivity index (χ3n) is 4.44. The number of nitrogens with zero attached hydrogens (tertiary/aromatic N) is 3. The van der Waals surface area contributed by atoms with Crippen LogP contribution in [0.5, 0.6) is 5.75 Å². The molecule has 4 nitrogen and oxygen atoms in total. The van der Waals surface area contributed by atoms with Gasteiger partial charge in [-0.05, 0) is 50.9 Å². The molecule has 1 atom stereocenters. The summed E-state index contributed by atoms with van der Waals surface area (Å²) in [5, 5.41) is 0. The first-order valence-corrected chi connectivity index (χ1v) is 8.01. The minimum atomic E-state index is 0.338. The lowest BCUT2D eigenvalue weighted by molar-refractivity contribution is 0.111. The van der Waals surface area contributed by atoms with Crippen molar-refractivity contribution in [3.8, 4) is 5.75 Å². The smallest absolute Gasteiger partial charge is 0.119 e. The van der Waals surface area contributed by atoms with Gasteiger partial charge in [0.25, 0.3) is 0 Å². The summed E-state index contributed by atoms with van der Waals surface area (Å²) in [5.41, 5.74) is 1.06. The fraction of sp³-hybridized carbons (Fsp3) is 0.444. The van der Waals surface area contributed by atoms with Crippen molar-refractivity contribution in [2.45, 2.75) is 25.8 Å². The monoisotopic (exact) mass is 297 g/mol. The quantitative estimate of drug-likeness (QED) is 0.848. The van der Waals surface area contributed by atoms with Gasteiger partial charge in [0.2, 0.25) is 0 Å². The zero-order valence-electron chi connectivity index (χ0n) is 13.1. The first-order chi connectivity index (χ1) is 10.8. The van der Waals surface area contributed by atoms with Crippen molar-refractivity contribution in [2.24, 2.45) is 5.92 Å². The number of benzene rings is 1. The Hall–Kier alpha value is -1.94. The van der Waals surface area contributed by atoms with Gasteiger partial charge in [0.15, 0.2) is 0 Å². The Kier molecular flexibility index (Phi) is 5.01. The molecule has 1 aromatic carbocycles. The Bertz CT molecular complexity index is 553. The van der Waals surface area contributed by atoms with Gasteiger partial charge >= 0.3 is 0 Å². The number of likely N-dealkylation sites (tertiary alicyclic amines) is 1. The number of hydrogen-bond acceptors (Lipinski definition) is 4. The molecule has 0 aliphatic carbocycles. The second-order valence-corrected chi connectivity index (χ2v) is 5.91. The molecular formula is C18H23N3O. The van der Waals surface area contributed by atoms with E-state index in [1.807, 2.05) is 36.5 Å². The van der Waals surface area contributed by atoms with Gasteiger partial charge in [-0.3, -0.25) is 14.9 Å². The van der Waals surface area contributed by atoms with Crippen molar-refractivity contribution in [2.75, 3.05) is 19.7 Å². The van der Waals surface area contributed by atoms with Gasteiger partial charge in [-0.15, -0.1) is 0 Å². The van der Waals surface area contributed by atoms with Crippen LogP contribution >= 0.6 is 0 Å². The Balaban J connectivity index is 1.46. The van der Waals surface area contributed by atoms with Crippen LogP contribution in [0.3, 0.4) is 0 Å². The summed E-state index contributed by atoms with van der Waals surface area (Å²) < 4.78 is 5.88. The minimum Gasteiger partial charge on any atom is -0.493 e. The highest BCUT2D eigenvalue weighted by Crippen LogP contribution is 2.25. The largest absolute Gasteiger partial charge is 0.493 e. The third-order valence-corrected chi connectivity index (χ3v) is 4.44. The molecule has 0 spiro atoms. The number of rotatable bonds is 5. The van der Waals surface area contributed by atoms with Crippen molar-refractivity contribution in [1.29, 1.82) is 0 Å². The van der Waals surface area contributed by atoms with E-state index in [-0.39, 0.29) is 0 Å². The zero-order chi connectivity index (χ0) is 15.2. The predicted molar refractivity (Wildman–Crippen MR) is 86.7 cm³/mol. The molecule has 2 aromatic rings. The number of para-hydroxylation sites is 1. The van der Waals surface area contributed by atoms with Gasteiger partial charge in [-0.25, -0.2) is 0 Å². The van der Waals surface area contributed by atoms with Gasteiger partial charge in [0.05, 0.1) is 18.3 Å². The van der Waals surface area contributed by atoms with E-state index >= 15 is 0 Å². The van der Waals surface area contributed by atoms with Crippen LogP contribution in [0.2, 0.25) is 0 Å². The Morgan fingerprint density at radius 3 is 2.64 bits per heavy atom. The van der Waals surface area contributed by atoms with E-state index in [4.69, 9.17) is 4.74 Å². The second kappa shape index (κ2) is 7.36. The maximum atomic E-state index is 5.88. The van der Waals surface area contributed by atoms with Crippen LogP contribution in [0.15, 0.2) is 48.9 Å². The summed E-state index contributed by atoms with van der Waals surface area (Å²) >= 11 is 0. The first-order valence-electron chi connectivity index (χ1n) is 8.01. The van der Waals surface area contributed by atoms with Crippen molar-refractivity contribution in [3.63, 3.8) is 0 Å². The highest BCUT2D eigenvalue weighted by atomic mass is 16.5. The minimum absolute atomic E-state index is 0.338. The molecule has 116 valence electrons. The number of ether oxygens (including phenoxy) is 1. The number of piperidine rings is 1. The molecular weight excluding hydrogens is 274 g/mol. The number of hydrogen-bond donors (Lipinski definition) is 0. The molecule has 0 N–H and O–H groups in total. The van der Waals surface area contributed by atoms with E-state index in [1.54, 1.807) is 12.4 Å². The van der Waals surface area contributed by atoms with Crippen LogP contribution in [0.25, 0.3) is 0 Å². The van der Waals surface area contributed by atoms with Gasteiger partial charge in [-0.1, -0.05) is 18.2 Å². The van der Waals surface area contributed by atoms with Crippen molar-refractivity contribution < 1.29 is 4.74 Å². The number of aromatic nitrogens is 2. The standard InChI is InChI=1S/C18H23N3O/c1-15(18-13-19-9-10-20-18)21-11-7-16(8-12-21)14-22-17-5-3-2-4-6-17/h2-6,9-10,13,15-16H,7-8,11-12,14H2,1H3. The van der Waals surface area contributed by atoms with Crippen molar-refractivity contribution >= 4 is 0 Å². The SMILES string of the molecule is CC(c1cnccn1)N1CCC(COc2ccccc2)CC1. The highest BCUT2D eigenvalue weighted by Gasteiger charge is 2.24. The van der Waals surface area contributed by atoms with E-state index in [0.29, 0.717) is 12.0 Å². The van der Waals surface area contributed by atoms with E-state index in [0.717, 1.165) is 31.1 Å². The summed E-state index contributed by atoms with van der Waals surface area (Å²) in [5.74, 6) is 1.61. The summed E-state index contributed by atoms with van der Waals surface area (Å²) in [7, 11) is 0. The molecule has 0 radical (unpaired) electrons. The lowest BCUT2D eigenvalue weighted by Crippen LogP contribution is -2.37. The average Bonchev–Trinajstić information content (AvgIpc) is 2.61. The molecule has 0 saturated carbocycles. The molecule has 1 aromatic heterocycles. The van der Waals surface area contributed by atoms with E-state index in [9.17, 15) is 0 Å². The normalized spacial score (nSPS) is 18.0. The van der Waals surface area contributed by atoms with Crippen LogP contribution in [-0.4, -0.2) is 34.6 Å². The van der Waals surface area contributed by atoms with Gasteiger partial charge in [0, 0.05) is 18.6 Å². The molecule has 0 bridgehead atoms.